The Labute approximate surface area is 86.7 Å². The van der Waals surface area contributed by atoms with Gasteiger partial charge in [-0.2, -0.15) is 0 Å². The fraction of sp³-hybridized carbons (Fsp3) is 0.100. The maximum atomic E-state index is 6.00. The van der Waals surface area contributed by atoms with Gasteiger partial charge in [0.15, 0.2) is 11.6 Å². The normalized spacial score (nSPS) is 10.1. The lowest BCUT2D eigenvalue weighted by molar-refractivity contribution is 0.435. The largest absolute Gasteiger partial charge is 0.370 e. The third kappa shape index (κ3) is 1.59. The molecule has 0 amide bonds. The van der Waals surface area contributed by atoms with Crippen LogP contribution < -0.4 is 5.32 Å². The minimum absolute atomic E-state index is 0.659. The van der Waals surface area contributed by atoms with Crippen LogP contribution >= 0.6 is 11.6 Å². The second-order valence-corrected chi connectivity index (χ2v) is 3.21. The van der Waals surface area contributed by atoms with Gasteiger partial charge in [-0.3, -0.25) is 0 Å². The molecular formula is C10H9ClN2O. The SMILES string of the molecule is CNc1cc(-c2ccccc2Cl)on1. The number of benzene rings is 1. The third-order valence-corrected chi connectivity index (χ3v) is 2.24. The first-order valence-electron chi connectivity index (χ1n) is 4.20. The van der Waals surface area contributed by atoms with Crippen LogP contribution in [0.25, 0.3) is 11.3 Å². The van der Waals surface area contributed by atoms with Crippen LogP contribution in [0.4, 0.5) is 5.82 Å². The number of hydrogen-bond donors (Lipinski definition) is 1. The number of rotatable bonds is 2. The first-order valence-corrected chi connectivity index (χ1v) is 4.58. The van der Waals surface area contributed by atoms with Gasteiger partial charge in [0.05, 0.1) is 5.02 Å². The van der Waals surface area contributed by atoms with Crippen LogP contribution in [0.3, 0.4) is 0 Å². The van der Waals surface area contributed by atoms with Gasteiger partial charge < -0.3 is 9.84 Å². The summed E-state index contributed by atoms with van der Waals surface area (Å²) in [5, 5.41) is 7.35. The third-order valence-electron chi connectivity index (χ3n) is 1.91. The van der Waals surface area contributed by atoms with E-state index in [4.69, 9.17) is 16.1 Å². The van der Waals surface area contributed by atoms with E-state index in [2.05, 4.69) is 10.5 Å². The van der Waals surface area contributed by atoms with Gasteiger partial charge in [-0.05, 0) is 12.1 Å². The van der Waals surface area contributed by atoms with Crippen LogP contribution in [0, 0.1) is 0 Å². The van der Waals surface area contributed by atoms with Gasteiger partial charge in [0.25, 0.3) is 0 Å². The predicted octanol–water partition coefficient (Wildman–Crippen LogP) is 3.04. The molecule has 72 valence electrons. The Bertz CT molecular complexity index is 439. The number of anilines is 1. The molecule has 0 radical (unpaired) electrons. The van der Waals surface area contributed by atoms with Gasteiger partial charge in [0.1, 0.15) is 0 Å². The van der Waals surface area contributed by atoms with Crippen LogP contribution in [0.2, 0.25) is 5.02 Å². The van der Waals surface area contributed by atoms with Gasteiger partial charge in [-0.1, -0.05) is 28.9 Å². The molecule has 1 heterocycles. The molecule has 0 atom stereocenters. The standard InChI is InChI=1S/C10H9ClN2O/c1-12-10-6-9(14-13-10)7-4-2-3-5-8(7)11/h2-6H,1H3,(H,12,13). The molecule has 0 fully saturated rings. The van der Waals surface area contributed by atoms with E-state index in [1.807, 2.05) is 24.3 Å². The van der Waals surface area contributed by atoms with Crippen molar-refractivity contribution in [3.63, 3.8) is 0 Å². The molecule has 1 N–H and O–H groups in total. The zero-order valence-corrected chi connectivity index (χ0v) is 8.38. The summed E-state index contributed by atoms with van der Waals surface area (Å²) in [6.07, 6.45) is 0. The molecule has 1 aromatic heterocycles. The van der Waals surface area contributed by atoms with E-state index >= 15 is 0 Å². The first-order chi connectivity index (χ1) is 6.81. The number of aromatic nitrogens is 1. The maximum absolute atomic E-state index is 6.00. The molecule has 2 rings (SSSR count). The van der Waals surface area contributed by atoms with E-state index in [1.165, 1.54) is 0 Å². The van der Waals surface area contributed by atoms with Crippen LogP contribution in [0.5, 0.6) is 0 Å². The highest BCUT2D eigenvalue weighted by Gasteiger charge is 2.08. The predicted molar refractivity (Wildman–Crippen MR) is 56.5 cm³/mol. The summed E-state index contributed by atoms with van der Waals surface area (Å²) in [5.41, 5.74) is 0.850. The second kappa shape index (κ2) is 3.72. The molecule has 0 bridgehead atoms. The molecule has 0 aliphatic carbocycles. The van der Waals surface area contributed by atoms with E-state index in [0.717, 1.165) is 5.56 Å². The van der Waals surface area contributed by atoms with E-state index in [9.17, 15) is 0 Å². The molecule has 3 nitrogen and oxygen atoms in total. The van der Waals surface area contributed by atoms with Crippen molar-refractivity contribution in [3.8, 4) is 11.3 Å². The molecule has 2 aromatic rings. The van der Waals surface area contributed by atoms with Gasteiger partial charge in [-0.25, -0.2) is 0 Å². The van der Waals surface area contributed by atoms with Crippen molar-refractivity contribution in [2.24, 2.45) is 0 Å². The molecule has 0 aliphatic rings. The summed E-state index contributed by atoms with van der Waals surface area (Å²) >= 11 is 6.00. The maximum Gasteiger partial charge on any atom is 0.170 e. The molecule has 14 heavy (non-hydrogen) atoms. The lowest BCUT2D eigenvalue weighted by Crippen LogP contribution is -1.85. The highest BCUT2D eigenvalue weighted by atomic mass is 35.5. The fourth-order valence-electron chi connectivity index (χ4n) is 1.18. The Morgan fingerprint density at radius 3 is 2.79 bits per heavy atom. The molecule has 0 aliphatic heterocycles. The molecule has 0 spiro atoms. The Hall–Kier alpha value is -1.48. The van der Waals surface area contributed by atoms with E-state index < -0.39 is 0 Å². The Kier molecular flexibility index (Phi) is 2.41. The van der Waals surface area contributed by atoms with E-state index in [0.29, 0.717) is 16.6 Å². The molecule has 0 saturated carbocycles. The number of halogens is 1. The lowest BCUT2D eigenvalue weighted by Gasteiger charge is -1.96. The van der Waals surface area contributed by atoms with Crippen molar-refractivity contribution in [3.05, 3.63) is 35.4 Å². The number of nitrogens with zero attached hydrogens (tertiary/aromatic N) is 1. The quantitative estimate of drug-likeness (QED) is 0.825. The average Bonchev–Trinajstić information content (AvgIpc) is 2.67. The molecule has 4 heteroatoms. The van der Waals surface area contributed by atoms with E-state index in [1.54, 1.807) is 13.1 Å². The van der Waals surface area contributed by atoms with Gasteiger partial charge in [0.2, 0.25) is 0 Å². The van der Waals surface area contributed by atoms with Crippen molar-refractivity contribution in [1.29, 1.82) is 0 Å². The number of hydrogen-bond acceptors (Lipinski definition) is 3. The summed E-state index contributed by atoms with van der Waals surface area (Å²) in [4.78, 5) is 0. The van der Waals surface area contributed by atoms with Crippen LogP contribution in [0.15, 0.2) is 34.9 Å². The summed E-state index contributed by atoms with van der Waals surface area (Å²) in [6, 6.07) is 9.30. The molecular weight excluding hydrogens is 200 g/mol. The zero-order chi connectivity index (χ0) is 9.97. The smallest absolute Gasteiger partial charge is 0.170 e. The summed E-state index contributed by atoms with van der Waals surface area (Å²) < 4.78 is 5.13. The average molecular weight is 209 g/mol. The Balaban J connectivity index is 2.44. The van der Waals surface area contributed by atoms with Crippen molar-refractivity contribution >= 4 is 17.4 Å². The Morgan fingerprint density at radius 2 is 2.14 bits per heavy atom. The van der Waals surface area contributed by atoms with Crippen LogP contribution in [-0.4, -0.2) is 12.2 Å². The highest BCUT2D eigenvalue weighted by molar-refractivity contribution is 6.33. The van der Waals surface area contributed by atoms with Crippen molar-refractivity contribution in [2.45, 2.75) is 0 Å². The molecule has 1 aromatic carbocycles. The van der Waals surface area contributed by atoms with Gasteiger partial charge >= 0.3 is 0 Å². The summed E-state index contributed by atoms with van der Waals surface area (Å²) in [6.45, 7) is 0. The first kappa shape index (κ1) is 9.09. The van der Waals surface area contributed by atoms with Gasteiger partial charge in [0, 0.05) is 18.7 Å². The summed E-state index contributed by atoms with van der Waals surface area (Å²) in [7, 11) is 1.79. The van der Waals surface area contributed by atoms with Crippen LogP contribution in [-0.2, 0) is 0 Å². The zero-order valence-electron chi connectivity index (χ0n) is 7.62. The molecule has 0 unspecified atom stereocenters. The van der Waals surface area contributed by atoms with Gasteiger partial charge in [-0.15, -0.1) is 0 Å². The Morgan fingerprint density at radius 1 is 1.36 bits per heavy atom. The second-order valence-electron chi connectivity index (χ2n) is 2.81. The minimum atomic E-state index is 0.659. The minimum Gasteiger partial charge on any atom is -0.370 e. The molecule has 0 saturated heterocycles. The highest BCUT2D eigenvalue weighted by Crippen LogP contribution is 2.28. The van der Waals surface area contributed by atoms with Crippen molar-refractivity contribution < 1.29 is 4.52 Å². The fourth-order valence-corrected chi connectivity index (χ4v) is 1.41. The summed E-state index contributed by atoms with van der Waals surface area (Å²) in [5.74, 6) is 1.36. The topological polar surface area (TPSA) is 38.1 Å². The van der Waals surface area contributed by atoms with E-state index in [-0.39, 0.29) is 0 Å². The van der Waals surface area contributed by atoms with Crippen LogP contribution in [0.1, 0.15) is 0 Å². The monoisotopic (exact) mass is 208 g/mol. The number of nitrogens with one attached hydrogen (secondary N) is 1. The lowest BCUT2D eigenvalue weighted by atomic mass is 10.2. The van der Waals surface area contributed by atoms with Crippen molar-refractivity contribution in [2.75, 3.05) is 12.4 Å². The van der Waals surface area contributed by atoms with Crippen molar-refractivity contribution in [1.82, 2.24) is 5.16 Å².